The first kappa shape index (κ1) is 12.1. The van der Waals surface area contributed by atoms with Gasteiger partial charge in [0.1, 0.15) is 11.6 Å². The van der Waals surface area contributed by atoms with Crippen molar-refractivity contribution in [3.05, 3.63) is 35.4 Å². The highest BCUT2D eigenvalue weighted by Crippen LogP contribution is 2.30. The molecule has 0 spiro atoms. The van der Waals surface area contributed by atoms with Crippen LogP contribution in [0.15, 0.2) is 18.2 Å². The standard InChI is InChI=1S/C12H17F2N/c1-12(2,3)7-10(15)11-8(13)5-4-6-9(11)14/h4-6,10H,7,15H2,1-3H3/t10-/m1/s1. The first-order valence-electron chi connectivity index (χ1n) is 5.01. The third-order valence-electron chi connectivity index (χ3n) is 2.20. The Bertz CT molecular complexity index is 322. The Morgan fingerprint density at radius 1 is 1.20 bits per heavy atom. The van der Waals surface area contributed by atoms with E-state index < -0.39 is 17.7 Å². The van der Waals surface area contributed by atoms with Crippen LogP contribution in [0.3, 0.4) is 0 Å². The minimum absolute atomic E-state index is 0.00701. The molecular weight excluding hydrogens is 196 g/mol. The number of hydrogen-bond donors (Lipinski definition) is 1. The molecule has 0 saturated heterocycles. The van der Waals surface area contributed by atoms with Crippen LogP contribution in [0.4, 0.5) is 8.78 Å². The third-order valence-corrected chi connectivity index (χ3v) is 2.20. The highest BCUT2D eigenvalue weighted by Gasteiger charge is 2.22. The van der Waals surface area contributed by atoms with Crippen LogP contribution >= 0.6 is 0 Å². The van der Waals surface area contributed by atoms with Crippen LogP contribution in [0, 0.1) is 17.0 Å². The SMILES string of the molecule is CC(C)(C)C[C@@H](N)c1c(F)cccc1F. The summed E-state index contributed by atoms with van der Waals surface area (Å²) in [7, 11) is 0. The molecule has 0 amide bonds. The van der Waals surface area contributed by atoms with Gasteiger partial charge in [0.2, 0.25) is 0 Å². The Hall–Kier alpha value is -0.960. The molecule has 1 nitrogen and oxygen atoms in total. The molecule has 0 fully saturated rings. The van der Waals surface area contributed by atoms with Crippen molar-refractivity contribution >= 4 is 0 Å². The minimum atomic E-state index is -0.591. The zero-order valence-electron chi connectivity index (χ0n) is 9.35. The van der Waals surface area contributed by atoms with Crippen LogP contribution in [0.1, 0.15) is 38.8 Å². The lowest BCUT2D eigenvalue weighted by Crippen LogP contribution is -2.21. The molecule has 0 aliphatic heterocycles. The lowest BCUT2D eigenvalue weighted by Gasteiger charge is -2.23. The molecule has 0 radical (unpaired) electrons. The van der Waals surface area contributed by atoms with Crippen LogP contribution in [0.5, 0.6) is 0 Å². The second kappa shape index (κ2) is 4.27. The minimum Gasteiger partial charge on any atom is -0.324 e. The molecule has 0 bridgehead atoms. The van der Waals surface area contributed by atoms with E-state index in [1.54, 1.807) is 0 Å². The molecule has 1 atom stereocenters. The van der Waals surface area contributed by atoms with E-state index in [0.717, 1.165) is 0 Å². The zero-order valence-corrected chi connectivity index (χ0v) is 9.35. The first-order chi connectivity index (χ1) is 6.81. The lowest BCUT2D eigenvalue weighted by molar-refractivity contribution is 0.333. The van der Waals surface area contributed by atoms with Crippen molar-refractivity contribution in [3.8, 4) is 0 Å². The summed E-state index contributed by atoms with van der Waals surface area (Å²) in [6, 6.07) is 3.23. The van der Waals surface area contributed by atoms with Gasteiger partial charge in [-0.15, -0.1) is 0 Å². The highest BCUT2D eigenvalue weighted by atomic mass is 19.1. The fourth-order valence-electron chi connectivity index (χ4n) is 1.63. The third kappa shape index (κ3) is 3.27. The smallest absolute Gasteiger partial charge is 0.130 e. The average Bonchev–Trinajstić information content (AvgIpc) is 1.99. The van der Waals surface area contributed by atoms with Gasteiger partial charge in [-0.05, 0) is 24.0 Å². The van der Waals surface area contributed by atoms with E-state index in [4.69, 9.17) is 5.73 Å². The summed E-state index contributed by atoms with van der Waals surface area (Å²) < 4.78 is 26.7. The summed E-state index contributed by atoms with van der Waals surface area (Å²) in [5.41, 5.74) is 5.75. The molecule has 84 valence electrons. The second-order valence-corrected chi connectivity index (χ2v) is 5.01. The van der Waals surface area contributed by atoms with Gasteiger partial charge >= 0.3 is 0 Å². The maximum absolute atomic E-state index is 13.4. The van der Waals surface area contributed by atoms with Crippen molar-refractivity contribution in [3.63, 3.8) is 0 Å². The molecule has 1 rings (SSSR count). The maximum atomic E-state index is 13.4. The van der Waals surface area contributed by atoms with Crippen LogP contribution in [0.2, 0.25) is 0 Å². The predicted molar refractivity (Wildman–Crippen MR) is 57.4 cm³/mol. The summed E-state index contributed by atoms with van der Waals surface area (Å²) in [6.07, 6.45) is 0.546. The van der Waals surface area contributed by atoms with E-state index >= 15 is 0 Å². The number of nitrogens with two attached hydrogens (primary N) is 1. The number of benzene rings is 1. The van der Waals surface area contributed by atoms with Gasteiger partial charge in [-0.25, -0.2) is 8.78 Å². The number of halogens is 2. The zero-order chi connectivity index (χ0) is 11.6. The second-order valence-electron chi connectivity index (χ2n) is 5.01. The van der Waals surface area contributed by atoms with Gasteiger partial charge in [0, 0.05) is 11.6 Å². The van der Waals surface area contributed by atoms with Crippen molar-refractivity contribution in [2.24, 2.45) is 11.1 Å². The summed E-state index contributed by atoms with van der Waals surface area (Å²) in [5, 5.41) is 0. The van der Waals surface area contributed by atoms with Gasteiger partial charge in [-0.1, -0.05) is 26.8 Å². The van der Waals surface area contributed by atoms with Crippen molar-refractivity contribution in [1.82, 2.24) is 0 Å². The molecule has 0 aromatic heterocycles. The number of rotatable bonds is 2. The largest absolute Gasteiger partial charge is 0.324 e. The Balaban J connectivity index is 2.96. The van der Waals surface area contributed by atoms with Crippen LogP contribution in [-0.4, -0.2) is 0 Å². The average molecular weight is 213 g/mol. The molecule has 0 saturated carbocycles. The maximum Gasteiger partial charge on any atom is 0.130 e. The molecule has 0 aliphatic rings. The molecule has 1 aromatic rings. The molecule has 1 aromatic carbocycles. The predicted octanol–water partition coefficient (Wildman–Crippen LogP) is 3.40. The van der Waals surface area contributed by atoms with E-state index in [1.165, 1.54) is 18.2 Å². The molecule has 2 N–H and O–H groups in total. The Morgan fingerprint density at radius 3 is 2.07 bits per heavy atom. The number of hydrogen-bond acceptors (Lipinski definition) is 1. The van der Waals surface area contributed by atoms with Gasteiger partial charge in [0.15, 0.2) is 0 Å². The lowest BCUT2D eigenvalue weighted by atomic mass is 9.85. The van der Waals surface area contributed by atoms with E-state index in [0.29, 0.717) is 6.42 Å². The molecular formula is C12H17F2N. The van der Waals surface area contributed by atoms with Crippen molar-refractivity contribution in [1.29, 1.82) is 0 Å². The van der Waals surface area contributed by atoms with Crippen LogP contribution in [-0.2, 0) is 0 Å². The molecule has 0 heterocycles. The topological polar surface area (TPSA) is 26.0 Å². The van der Waals surface area contributed by atoms with Crippen molar-refractivity contribution < 1.29 is 8.78 Å². The Morgan fingerprint density at radius 2 is 1.67 bits per heavy atom. The quantitative estimate of drug-likeness (QED) is 0.800. The summed E-state index contributed by atoms with van der Waals surface area (Å²) >= 11 is 0. The molecule has 0 aliphatic carbocycles. The molecule has 15 heavy (non-hydrogen) atoms. The van der Waals surface area contributed by atoms with E-state index in [2.05, 4.69) is 0 Å². The van der Waals surface area contributed by atoms with Gasteiger partial charge in [0.25, 0.3) is 0 Å². The molecule has 0 unspecified atom stereocenters. The van der Waals surface area contributed by atoms with Crippen molar-refractivity contribution in [2.75, 3.05) is 0 Å². The Kier molecular flexibility index (Phi) is 3.45. The normalized spacial score (nSPS) is 14.0. The van der Waals surface area contributed by atoms with Crippen LogP contribution < -0.4 is 5.73 Å². The summed E-state index contributed by atoms with van der Waals surface area (Å²) in [6.45, 7) is 5.98. The van der Waals surface area contributed by atoms with E-state index in [9.17, 15) is 8.78 Å². The van der Waals surface area contributed by atoms with Gasteiger partial charge in [-0.2, -0.15) is 0 Å². The van der Waals surface area contributed by atoms with Crippen molar-refractivity contribution in [2.45, 2.75) is 33.2 Å². The highest BCUT2D eigenvalue weighted by molar-refractivity contribution is 5.23. The van der Waals surface area contributed by atoms with Gasteiger partial charge < -0.3 is 5.73 Å². The fraction of sp³-hybridized carbons (Fsp3) is 0.500. The van der Waals surface area contributed by atoms with Gasteiger partial charge in [-0.3, -0.25) is 0 Å². The summed E-state index contributed by atoms with van der Waals surface area (Å²) in [4.78, 5) is 0. The van der Waals surface area contributed by atoms with E-state index in [1.807, 2.05) is 20.8 Å². The van der Waals surface area contributed by atoms with Gasteiger partial charge in [0.05, 0.1) is 0 Å². The monoisotopic (exact) mass is 213 g/mol. The van der Waals surface area contributed by atoms with Crippen LogP contribution in [0.25, 0.3) is 0 Å². The molecule has 3 heteroatoms. The van der Waals surface area contributed by atoms with E-state index in [-0.39, 0.29) is 11.0 Å². The fourth-order valence-corrected chi connectivity index (χ4v) is 1.63. The Labute approximate surface area is 89.3 Å². The first-order valence-corrected chi connectivity index (χ1v) is 5.01. The summed E-state index contributed by atoms with van der Waals surface area (Å²) in [5.74, 6) is -1.13.